The standard InChI is InChI=1S/C18H14N2O4/c1-11-15(8-4-12-2-6-14(21)7-3-12)19-16-9-5-13(18(23)24)10-20(16)17(11)22/h2-10,21H,1H3,(H,23,24)/b8-4+. The van der Waals surface area contributed by atoms with E-state index in [4.69, 9.17) is 5.11 Å². The molecule has 0 fully saturated rings. The van der Waals surface area contributed by atoms with E-state index in [-0.39, 0.29) is 16.9 Å². The van der Waals surface area contributed by atoms with Crippen LogP contribution in [0, 0.1) is 6.92 Å². The molecule has 0 aliphatic heterocycles. The van der Waals surface area contributed by atoms with Crippen molar-refractivity contribution in [1.29, 1.82) is 0 Å². The minimum Gasteiger partial charge on any atom is -0.508 e. The lowest BCUT2D eigenvalue weighted by Crippen LogP contribution is -2.20. The molecule has 0 saturated heterocycles. The van der Waals surface area contributed by atoms with E-state index in [0.717, 1.165) is 5.56 Å². The number of hydrogen-bond donors (Lipinski definition) is 2. The highest BCUT2D eigenvalue weighted by molar-refractivity contribution is 5.87. The van der Waals surface area contributed by atoms with E-state index in [1.807, 2.05) is 0 Å². The van der Waals surface area contributed by atoms with E-state index < -0.39 is 5.97 Å². The number of carbonyl (C=O) groups is 1. The first-order valence-corrected chi connectivity index (χ1v) is 7.19. The molecule has 1 aromatic carbocycles. The minimum atomic E-state index is -1.10. The van der Waals surface area contributed by atoms with Gasteiger partial charge < -0.3 is 10.2 Å². The highest BCUT2D eigenvalue weighted by Crippen LogP contribution is 2.14. The summed E-state index contributed by atoms with van der Waals surface area (Å²) in [6.07, 6.45) is 4.78. The van der Waals surface area contributed by atoms with Gasteiger partial charge in [-0.15, -0.1) is 0 Å². The Morgan fingerprint density at radius 1 is 1.12 bits per heavy atom. The summed E-state index contributed by atoms with van der Waals surface area (Å²) in [5.74, 6) is -0.919. The van der Waals surface area contributed by atoms with Crippen LogP contribution in [0.4, 0.5) is 0 Å². The molecule has 2 aromatic heterocycles. The summed E-state index contributed by atoms with van der Waals surface area (Å²) in [6.45, 7) is 1.64. The van der Waals surface area contributed by atoms with E-state index in [2.05, 4.69) is 4.98 Å². The molecule has 2 N–H and O–H groups in total. The second-order valence-corrected chi connectivity index (χ2v) is 5.30. The maximum Gasteiger partial charge on any atom is 0.337 e. The Morgan fingerprint density at radius 2 is 1.83 bits per heavy atom. The molecule has 0 saturated carbocycles. The van der Waals surface area contributed by atoms with Crippen LogP contribution < -0.4 is 5.56 Å². The van der Waals surface area contributed by atoms with Gasteiger partial charge in [0.25, 0.3) is 5.56 Å². The number of fused-ring (bicyclic) bond motifs is 1. The lowest BCUT2D eigenvalue weighted by Gasteiger charge is -2.06. The Kier molecular flexibility index (Phi) is 3.87. The fraction of sp³-hybridized carbons (Fsp3) is 0.0556. The number of nitrogens with zero attached hydrogens (tertiary/aromatic N) is 2. The number of carboxylic acids is 1. The van der Waals surface area contributed by atoms with Gasteiger partial charge in [0.1, 0.15) is 11.4 Å². The number of phenols is 1. The van der Waals surface area contributed by atoms with Crippen molar-refractivity contribution in [2.45, 2.75) is 6.92 Å². The lowest BCUT2D eigenvalue weighted by molar-refractivity contribution is 0.0696. The summed E-state index contributed by atoms with van der Waals surface area (Å²) >= 11 is 0. The van der Waals surface area contributed by atoms with E-state index in [9.17, 15) is 14.7 Å². The molecule has 0 atom stereocenters. The van der Waals surface area contributed by atoms with Gasteiger partial charge in [0.15, 0.2) is 0 Å². The third kappa shape index (κ3) is 2.89. The third-order valence-corrected chi connectivity index (χ3v) is 3.66. The van der Waals surface area contributed by atoms with Crippen molar-refractivity contribution in [2.24, 2.45) is 0 Å². The molecule has 3 rings (SSSR count). The summed E-state index contributed by atoms with van der Waals surface area (Å²) in [5, 5.41) is 18.3. The normalized spacial score (nSPS) is 11.2. The molecule has 0 aliphatic carbocycles. The molecule has 120 valence electrons. The Labute approximate surface area is 137 Å². The quantitative estimate of drug-likeness (QED) is 0.773. The summed E-state index contributed by atoms with van der Waals surface area (Å²) in [7, 11) is 0. The van der Waals surface area contributed by atoms with Crippen LogP contribution in [0.1, 0.15) is 27.2 Å². The average molecular weight is 322 g/mol. The molecule has 0 bridgehead atoms. The first-order chi connectivity index (χ1) is 11.5. The van der Waals surface area contributed by atoms with E-state index in [1.165, 1.54) is 22.7 Å². The van der Waals surface area contributed by atoms with Crippen molar-refractivity contribution in [3.05, 3.63) is 75.3 Å². The van der Waals surface area contributed by atoms with Crippen molar-refractivity contribution in [3.63, 3.8) is 0 Å². The van der Waals surface area contributed by atoms with Crippen molar-refractivity contribution < 1.29 is 15.0 Å². The Morgan fingerprint density at radius 3 is 2.50 bits per heavy atom. The molecule has 0 aliphatic rings. The van der Waals surface area contributed by atoms with Gasteiger partial charge in [-0.25, -0.2) is 9.78 Å². The Balaban J connectivity index is 2.07. The van der Waals surface area contributed by atoms with Gasteiger partial charge in [0, 0.05) is 11.8 Å². The Bertz CT molecular complexity index is 1020. The molecule has 0 spiro atoms. The van der Waals surface area contributed by atoms with Crippen LogP contribution in [0.25, 0.3) is 17.8 Å². The second kappa shape index (κ2) is 6.00. The summed E-state index contributed by atoms with van der Waals surface area (Å²) in [4.78, 5) is 27.9. The number of carboxylic acid groups (broad SMARTS) is 1. The fourth-order valence-corrected chi connectivity index (χ4v) is 2.29. The molecular weight excluding hydrogens is 308 g/mol. The number of aromatic nitrogens is 2. The van der Waals surface area contributed by atoms with Crippen molar-refractivity contribution in [1.82, 2.24) is 9.38 Å². The van der Waals surface area contributed by atoms with Crippen LogP contribution in [-0.4, -0.2) is 25.6 Å². The van der Waals surface area contributed by atoms with Crippen molar-refractivity contribution >= 4 is 23.8 Å². The molecule has 2 heterocycles. The number of aromatic carboxylic acids is 1. The molecular formula is C18H14N2O4. The van der Waals surface area contributed by atoms with E-state index >= 15 is 0 Å². The number of rotatable bonds is 3. The van der Waals surface area contributed by atoms with Crippen molar-refractivity contribution in [3.8, 4) is 5.75 Å². The smallest absolute Gasteiger partial charge is 0.337 e. The third-order valence-electron chi connectivity index (χ3n) is 3.66. The number of hydrogen-bond acceptors (Lipinski definition) is 4. The van der Waals surface area contributed by atoms with Crippen LogP contribution in [0.3, 0.4) is 0 Å². The molecule has 0 radical (unpaired) electrons. The molecule has 0 amide bonds. The summed E-state index contributed by atoms with van der Waals surface area (Å²) in [5.41, 5.74) is 1.88. The minimum absolute atomic E-state index is 0.0261. The average Bonchev–Trinajstić information content (AvgIpc) is 2.58. The van der Waals surface area contributed by atoms with E-state index in [0.29, 0.717) is 16.9 Å². The monoisotopic (exact) mass is 322 g/mol. The molecule has 24 heavy (non-hydrogen) atoms. The number of pyridine rings is 1. The SMILES string of the molecule is Cc1c(/C=C/c2ccc(O)cc2)nc2ccc(C(=O)O)cn2c1=O. The molecule has 6 nitrogen and oxygen atoms in total. The maximum absolute atomic E-state index is 12.4. The number of benzene rings is 1. The van der Waals surface area contributed by atoms with Gasteiger partial charge in [-0.1, -0.05) is 18.2 Å². The van der Waals surface area contributed by atoms with Gasteiger partial charge in [-0.3, -0.25) is 9.20 Å². The van der Waals surface area contributed by atoms with Crippen LogP contribution in [0.5, 0.6) is 5.75 Å². The zero-order valence-electron chi connectivity index (χ0n) is 12.8. The maximum atomic E-state index is 12.4. The van der Waals surface area contributed by atoms with Crippen LogP contribution >= 0.6 is 0 Å². The van der Waals surface area contributed by atoms with Gasteiger partial charge in [0.05, 0.1) is 11.3 Å². The predicted octanol–water partition coefficient (Wildman–Crippen LogP) is 2.58. The first-order valence-electron chi connectivity index (χ1n) is 7.19. The largest absolute Gasteiger partial charge is 0.508 e. The van der Waals surface area contributed by atoms with E-state index in [1.54, 1.807) is 43.3 Å². The molecule has 0 unspecified atom stereocenters. The number of phenolic OH excluding ortho intramolecular Hbond substituents is 1. The summed E-state index contributed by atoms with van der Waals surface area (Å²) < 4.78 is 1.23. The highest BCUT2D eigenvalue weighted by Gasteiger charge is 2.09. The van der Waals surface area contributed by atoms with Gasteiger partial charge in [-0.2, -0.15) is 0 Å². The topological polar surface area (TPSA) is 91.9 Å². The van der Waals surface area contributed by atoms with Crippen LogP contribution in [0.2, 0.25) is 0 Å². The second-order valence-electron chi connectivity index (χ2n) is 5.30. The molecule has 3 aromatic rings. The van der Waals surface area contributed by atoms with Gasteiger partial charge >= 0.3 is 5.97 Å². The van der Waals surface area contributed by atoms with Gasteiger partial charge in [-0.05, 0) is 42.8 Å². The number of aromatic hydroxyl groups is 1. The van der Waals surface area contributed by atoms with Gasteiger partial charge in [0.2, 0.25) is 0 Å². The van der Waals surface area contributed by atoms with Crippen LogP contribution in [0.15, 0.2) is 47.4 Å². The predicted molar refractivity (Wildman–Crippen MR) is 90.2 cm³/mol. The zero-order chi connectivity index (χ0) is 17.3. The van der Waals surface area contributed by atoms with Crippen molar-refractivity contribution in [2.75, 3.05) is 0 Å². The molecule has 6 heteroatoms. The van der Waals surface area contributed by atoms with Crippen LogP contribution in [-0.2, 0) is 0 Å². The zero-order valence-corrected chi connectivity index (χ0v) is 12.8. The lowest BCUT2D eigenvalue weighted by atomic mass is 10.1. The first kappa shape index (κ1) is 15.5. The Hall–Kier alpha value is -3.41. The summed E-state index contributed by atoms with van der Waals surface area (Å²) in [6, 6.07) is 9.54. The highest BCUT2D eigenvalue weighted by atomic mass is 16.4. The fourth-order valence-electron chi connectivity index (χ4n) is 2.29.